The Hall–Kier alpha value is -2.06. The molecule has 1 atom stereocenters. The number of carbonyl (C=O) groups is 1. The predicted octanol–water partition coefficient (Wildman–Crippen LogP) is 2.17. The third-order valence-corrected chi connectivity index (χ3v) is 4.51. The van der Waals surface area contributed by atoms with Crippen LogP contribution in [0.15, 0.2) is 18.2 Å². The fourth-order valence-electron chi connectivity index (χ4n) is 3.03. The van der Waals surface area contributed by atoms with Crippen molar-refractivity contribution in [2.75, 3.05) is 31.6 Å². The van der Waals surface area contributed by atoms with Gasteiger partial charge in [-0.2, -0.15) is 0 Å². The summed E-state index contributed by atoms with van der Waals surface area (Å²) in [5.41, 5.74) is -0.413. The molecule has 2 fully saturated rings. The molecule has 0 radical (unpaired) electrons. The second-order valence-corrected chi connectivity index (χ2v) is 6.24. The number of nitro benzene ring substituents is 1. The Kier molecular flexibility index (Phi) is 5.06. The smallest absolute Gasteiger partial charge is 0.271 e. The van der Waals surface area contributed by atoms with Crippen molar-refractivity contribution in [1.82, 2.24) is 4.90 Å². The molecule has 0 aromatic heterocycles. The van der Waals surface area contributed by atoms with Gasteiger partial charge in [0.1, 0.15) is 5.82 Å². The van der Waals surface area contributed by atoms with Crippen LogP contribution in [0, 0.1) is 21.8 Å². The van der Waals surface area contributed by atoms with Gasteiger partial charge in [-0.25, -0.2) is 4.39 Å². The van der Waals surface area contributed by atoms with Gasteiger partial charge in [0.25, 0.3) is 5.69 Å². The number of nitrogens with zero attached hydrogens (tertiary/aromatic N) is 2. The molecule has 24 heavy (non-hydrogen) atoms. The Balaban J connectivity index is 1.55. The molecule has 3 rings (SSSR count). The highest BCUT2D eigenvalue weighted by atomic mass is 19.1. The molecule has 130 valence electrons. The molecule has 1 aliphatic heterocycles. The van der Waals surface area contributed by atoms with Crippen molar-refractivity contribution in [1.29, 1.82) is 0 Å². The molecule has 0 spiro atoms. The number of benzene rings is 1. The maximum absolute atomic E-state index is 13.7. The number of halogens is 1. The first-order chi connectivity index (χ1) is 11.5. The van der Waals surface area contributed by atoms with Crippen LogP contribution < -0.4 is 5.32 Å². The number of amides is 1. The summed E-state index contributed by atoms with van der Waals surface area (Å²) in [4.78, 5) is 24.4. The first-order valence-corrected chi connectivity index (χ1v) is 8.10. The number of nitro groups is 1. The molecular formula is C16H20FN3O4. The molecule has 1 heterocycles. The van der Waals surface area contributed by atoms with Gasteiger partial charge in [0.15, 0.2) is 0 Å². The van der Waals surface area contributed by atoms with E-state index in [-0.39, 0.29) is 23.7 Å². The molecule has 0 unspecified atom stereocenters. The van der Waals surface area contributed by atoms with Crippen LogP contribution in [-0.2, 0) is 9.53 Å². The zero-order chi connectivity index (χ0) is 17.1. The topological polar surface area (TPSA) is 84.7 Å². The molecule has 1 aromatic rings. The molecule has 7 nitrogen and oxygen atoms in total. The number of non-ortho nitro benzene ring substituents is 1. The first-order valence-electron chi connectivity index (χ1n) is 8.10. The second-order valence-electron chi connectivity index (χ2n) is 6.24. The lowest BCUT2D eigenvalue weighted by molar-refractivity contribution is -0.384. The summed E-state index contributed by atoms with van der Waals surface area (Å²) in [7, 11) is 0. The lowest BCUT2D eigenvalue weighted by atomic mass is 10.1. The zero-order valence-corrected chi connectivity index (χ0v) is 13.2. The maximum Gasteiger partial charge on any atom is 0.271 e. The number of carbonyl (C=O) groups excluding carboxylic acids is 1. The third-order valence-electron chi connectivity index (χ3n) is 4.51. The summed E-state index contributed by atoms with van der Waals surface area (Å²) in [6.07, 6.45) is 2.62. The lowest BCUT2D eigenvalue weighted by Crippen LogP contribution is -2.47. The van der Waals surface area contributed by atoms with Crippen LogP contribution in [0.4, 0.5) is 15.8 Å². The van der Waals surface area contributed by atoms with E-state index < -0.39 is 10.7 Å². The van der Waals surface area contributed by atoms with E-state index in [4.69, 9.17) is 4.74 Å². The first kappa shape index (κ1) is 16.8. The minimum atomic E-state index is -0.684. The van der Waals surface area contributed by atoms with Crippen molar-refractivity contribution in [3.05, 3.63) is 34.1 Å². The highest BCUT2D eigenvalue weighted by molar-refractivity contribution is 5.91. The Labute approximate surface area is 138 Å². The Morgan fingerprint density at radius 1 is 1.46 bits per heavy atom. The van der Waals surface area contributed by atoms with Gasteiger partial charge in [-0.15, -0.1) is 0 Å². The molecule has 1 saturated heterocycles. The lowest BCUT2D eigenvalue weighted by Gasteiger charge is -2.35. The van der Waals surface area contributed by atoms with Crippen LogP contribution in [-0.4, -0.2) is 48.1 Å². The molecule has 0 bridgehead atoms. The minimum Gasteiger partial charge on any atom is -0.378 e. The number of hydrogen-bond acceptors (Lipinski definition) is 5. The van der Waals surface area contributed by atoms with E-state index in [1.807, 2.05) is 0 Å². The highest BCUT2D eigenvalue weighted by Gasteiger charge is 2.37. The standard InChI is InChI=1S/C16H20FN3O4/c17-13-4-3-12(20(22)23)9-14(13)18-16(21)5-6-19-7-8-24-10-15(19)11-1-2-11/h3-4,9,11,15H,1-2,5-8,10H2,(H,18,21)/t15-/m1/s1. The monoisotopic (exact) mass is 337 g/mol. The van der Waals surface area contributed by atoms with Crippen LogP contribution >= 0.6 is 0 Å². The third kappa shape index (κ3) is 4.07. The fraction of sp³-hybridized carbons (Fsp3) is 0.562. The molecule has 1 saturated carbocycles. The van der Waals surface area contributed by atoms with Gasteiger partial charge < -0.3 is 10.1 Å². The SMILES string of the molecule is O=C(CCN1CCOC[C@@H]1C1CC1)Nc1cc([N+](=O)[O-])ccc1F. The van der Waals surface area contributed by atoms with Crippen LogP contribution in [0.2, 0.25) is 0 Å². The average Bonchev–Trinajstić information content (AvgIpc) is 3.40. The van der Waals surface area contributed by atoms with Crippen molar-refractivity contribution >= 4 is 17.3 Å². The van der Waals surface area contributed by atoms with Crippen LogP contribution in [0.5, 0.6) is 0 Å². The fourth-order valence-corrected chi connectivity index (χ4v) is 3.03. The summed E-state index contributed by atoms with van der Waals surface area (Å²) in [5.74, 6) is -0.380. The largest absolute Gasteiger partial charge is 0.378 e. The summed E-state index contributed by atoms with van der Waals surface area (Å²) in [6, 6.07) is 3.45. The number of anilines is 1. The number of morpholine rings is 1. The molecule has 1 N–H and O–H groups in total. The van der Waals surface area contributed by atoms with E-state index in [9.17, 15) is 19.3 Å². The summed E-state index contributed by atoms with van der Waals surface area (Å²) in [5, 5.41) is 13.2. The molecule has 1 amide bonds. The quantitative estimate of drug-likeness (QED) is 0.635. The zero-order valence-electron chi connectivity index (χ0n) is 13.2. The van der Waals surface area contributed by atoms with Crippen LogP contribution in [0.3, 0.4) is 0 Å². The van der Waals surface area contributed by atoms with Crippen LogP contribution in [0.1, 0.15) is 19.3 Å². The summed E-state index contributed by atoms with van der Waals surface area (Å²) < 4.78 is 19.2. The Morgan fingerprint density at radius 3 is 2.96 bits per heavy atom. The number of nitrogens with one attached hydrogen (secondary N) is 1. The molecular weight excluding hydrogens is 317 g/mol. The van der Waals surface area contributed by atoms with Gasteiger partial charge in [-0.1, -0.05) is 0 Å². The van der Waals surface area contributed by atoms with Gasteiger partial charge in [0, 0.05) is 37.7 Å². The van der Waals surface area contributed by atoms with Crippen molar-refractivity contribution in [3.8, 4) is 0 Å². The van der Waals surface area contributed by atoms with Gasteiger partial charge in [-0.3, -0.25) is 19.8 Å². The number of rotatable bonds is 6. The van der Waals surface area contributed by atoms with E-state index >= 15 is 0 Å². The van der Waals surface area contributed by atoms with Crippen molar-refractivity contribution < 1.29 is 18.8 Å². The molecule has 2 aliphatic rings. The van der Waals surface area contributed by atoms with E-state index in [0.717, 1.165) is 24.7 Å². The number of hydrogen-bond donors (Lipinski definition) is 1. The van der Waals surface area contributed by atoms with Crippen molar-refractivity contribution in [3.63, 3.8) is 0 Å². The minimum absolute atomic E-state index is 0.157. The second kappa shape index (κ2) is 7.23. The van der Waals surface area contributed by atoms with E-state index in [1.54, 1.807) is 0 Å². The Bertz CT molecular complexity index is 636. The molecule has 1 aliphatic carbocycles. The van der Waals surface area contributed by atoms with Crippen molar-refractivity contribution in [2.24, 2.45) is 5.92 Å². The Morgan fingerprint density at radius 2 is 2.25 bits per heavy atom. The van der Waals surface area contributed by atoms with E-state index in [1.165, 1.54) is 12.8 Å². The summed E-state index contributed by atoms with van der Waals surface area (Å²) in [6.45, 7) is 2.72. The van der Waals surface area contributed by atoms with Gasteiger partial charge >= 0.3 is 0 Å². The van der Waals surface area contributed by atoms with Crippen molar-refractivity contribution in [2.45, 2.75) is 25.3 Å². The van der Waals surface area contributed by atoms with E-state index in [2.05, 4.69) is 10.2 Å². The van der Waals surface area contributed by atoms with Gasteiger partial charge in [0.2, 0.25) is 5.91 Å². The highest BCUT2D eigenvalue weighted by Crippen LogP contribution is 2.36. The number of ether oxygens (including phenoxy) is 1. The van der Waals surface area contributed by atoms with E-state index in [0.29, 0.717) is 31.7 Å². The summed E-state index contributed by atoms with van der Waals surface area (Å²) >= 11 is 0. The maximum atomic E-state index is 13.7. The van der Waals surface area contributed by atoms with Gasteiger partial charge in [0.05, 0.1) is 23.8 Å². The molecule has 1 aromatic carbocycles. The normalized spacial score (nSPS) is 21.5. The predicted molar refractivity (Wildman–Crippen MR) is 85.2 cm³/mol. The molecule has 8 heteroatoms. The van der Waals surface area contributed by atoms with Gasteiger partial charge in [-0.05, 0) is 24.8 Å². The average molecular weight is 337 g/mol. The van der Waals surface area contributed by atoms with Crippen LogP contribution in [0.25, 0.3) is 0 Å².